The summed E-state index contributed by atoms with van der Waals surface area (Å²) < 4.78 is 11.0. The molecule has 22 heavy (non-hydrogen) atoms. The van der Waals surface area contributed by atoms with Gasteiger partial charge in [0.25, 0.3) is 0 Å². The molecule has 1 rings (SSSR count). The van der Waals surface area contributed by atoms with Crippen LogP contribution in [0.1, 0.15) is 45.6 Å². The van der Waals surface area contributed by atoms with Gasteiger partial charge in [-0.1, -0.05) is 34.1 Å². The van der Waals surface area contributed by atoms with Gasteiger partial charge in [0.05, 0.1) is 6.61 Å². The lowest BCUT2D eigenvalue weighted by molar-refractivity contribution is 0.0523. The molecule has 1 aromatic carbocycles. The summed E-state index contributed by atoms with van der Waals surface area (Å²) in [6, 6.07) is 7.75. The van der Waals surface area contributed by atoms with Gasteiger partial charge in [-0.3, -0.25) is 0 Å². The molecule has 1 amide bonds. The Morgan fingerprint density at radius 1 is 1.18 bits per heavy atom. The molecule has 1 aromatic rings. The highest BCUT2D eigenvalue weighted by atomic mass is 79.9. The van der Waals surface area contributed by atoms with E-state index in [0.717, 1.165) is 35.9 Å². The summed E-state index contributed by atoms with van der Waals surface area (Å²) in [5.74, 6) is 0.817. The molecular weight excluding hydrogens is 346 g/mol. The summed E-state index contributed by atoms with van der Waals surface area (Å²) in [6.07, 6.45) is 2.91. The lowest BCUT2D eigenvalue weighted by Gasteiger charge is -2.20. The first-order valence-electron chi connectivity index (χ1n) is 7.66. The van der Waals surface area contributed by atoms with E-state index in [2.05, 4.69) is 21.2 Å². The number of unbranched alkanes of at least 4 members (excludes halogenated alkanes) is 2. The van der Waals surface area contributed by atoms with E-state index in [1.807, 2.05) is 45.0 Å². The summed E-state index contributed by atoms with van der Waals surface area (Å²) >= 11 is 3.42. The number of carbonyl (C=O) groups is 1. The van der Waals surface area contributed by atoms with Crippen LogP contribution in [-0.4, -0.2) is 23.6 Å². The van der Waals surface area contributed by atoms with Crippen molar-refractivity contribution in [3.63, 3.8) is 0 Å². The van der Waals surface area contributed by atoms with Crippen molar-refractivity contribution in [3.8, 4) is 5.75 Å². The fraction of sp³-hybridized carbons (Fsp3) is 0.588. The Morgan fingerprint density at radius 2 is 1.91 bits per heavy atom. The van der Waals surface area contributed by atoms with Crippen LogP contribution in [0.15, 0.2) is 24.3 Å². The molecule has 0 radical (unpaired) electrons. The largest absolute Gasteiger partial charge is 0.493 e. The van der Waals surface area contributed by atoms with Crippen molar-refractivity contribution in [1.29, 1.82) is 0 Å². The zero-order valence-corrected chi connectivity index (χ0v) is 15.2. The molecule has 5 heteroatoms. The molecule has 0 bridgehead atoms. The van der Waals surface area contributed by atoms with Crippen LogP contribution >= 0.6 is 15.9 Å². The molecule has 1 N–H and O–H groups in total. The molecule has 124 valence electrons. The van der Waals surface area contributed by atoms with E-state index in [1.165, 1.54) is 0 Å². The number of hydrogen-bond acceptors (Lipinski definition) is 3. The summed E-state index contributed by atoms with van der Waals surface area (Å²) in [6.45, 7) is 6.62. The summed E-state index contributed by atoms with van der Waals surface area (Å²) in [5.41, 5.74) is 0.462. The van der Waals surface area contributed by atoms with E-state index in [1.54, 1.807) is 0 Å². The van der Waals surface area contributed by atoms with Crippen LogP contribution in [0.3, 0.4) is 0 Å². The SMILES string of the molecule is CC(C)(C)OC(=O)NCc1ccccc1OCCCCCBr. The van der Waals surface area contributed by atoms with E-state index in [0.29, 0.717) is 13.2 Å². The number of hydrogen-bond donors (Lipinski definition) is 1. The maximum atomic E-state index is 11.7. The van der Waals surface area contributed by atoms with Gasteiger partial charge in [0, 0.05) is 17.4 Å². The van der Waals surface area contributed by atoms with E-state index < -0.39 is 11.7 Å². The second kappa shape index (κ2) is 9.72. The average molecular weight is 372 g/mol. The Hall–Kier alpha value is -1.23. The summed E-state index contributed by atoms with van der Waals surface area (Å²) in [4.78, 5) is 11.7. The number of alkyl carbamates (subject to hydrolysis) is 1. The van der Waals surface area contributed by atoms with Gasteiger partial charge in [0.15, 0.2) is 0 Å². The van der Waals surface area contributed by atoms with Gasteiger partial charge >= 0.3 is 6.09 Å². The lowest BCUT2D eigenvalue weighted by Crippen LogP contribution is -2.32. The van der Waals surface area contributed by atoms with Gasteiger partial charge in [-0.15, -0.1) is 0 Å². The average Bonchev–Trinajstić information content (AvgIpc) is 2.44. The molecule has 4 nitrogen and oxygen atoms in total. The zero-order valence-electron chi connectivity index (χ0n) is 13.7. The molecule has 0 heterocycles. The van der Waals surface area contributed by atoms with Crippen LogP contribution in [-0.2, 0) is 11.3 Å². The normalized spacial score (nSPS) is 11.1. The topological polar surface area (TPSA) is 47.6 Å². The van der Waals surface area contributed by atoms with Gasteiger partial charge < -0.3 is 14.8 Å². The predicted molar refractivity (Wildman–Crippen MR) is 92.7 cm³/mol. The minimum absolute atomic E-state index is 0.395. The van der Waals surface area contributed by atoms with E-state index >= 15 is 0 Å². The van der Waals surface area contributed by atoms with Crippen molar-refractivity contribution in [1.82, 2.24) is 5.32 Å². The number of carbonyl (C=O) groups excluding carboxylic acids is 1. The Balaban J connectivity index is 2.44. The van der Waals surface area contributed by atoms with Gasteiger partial charge in [-0.25, -0.2) is 4.79 Å². The first-order chi connectivity index (χ1) is 10.4. The van der Waals surface area contributed by atoms with E-state index in [-0.39, 0.29) is 0 Å². The third-order valence-corrected chi connectivity index (χ3v) is 3.39. The second-order valence-electron chi connectivity index (χ2n) is 6.06. The van der Waals surface area contributed by atoms with Crippen molar-refractivity contribution < 1.29 is 14.3 Å². The molecular formula is C17H26BrNO3. The number of halogens is 1. The van der Waals surface area contributed by atoms with E-state index in [9.17, 15) is 4.79 Å². The molecule has 0 aliphatic rings. The second-order valence-corrected chi connectivity index (χ2v) is 6.85. The highest BCUT2D eigenvalue weighted by Gasteiger charge is 2.16. The summed E-state index contributed by atoms with van der Waals surface area (Å²) in [7, 11) is 0. The molecule has 0 atom stereocenters. The van der Waals surface area contributed by atoms with Crippen LogP contribution in [0, 0.1) is 0 Å². The zero-order chi connectivity index (χ0) is 16.4. The van der Waals surface area contributed by atoms with Gasteiger partial charge in [-0.05, 0) is 46.1 Å². The fourth-order valence-electron chi connectivity index (χ4n) is 1.83. The molecule has 0 fully saturated rings. The molecule has 0 unspecified atom stereocenters. The van der Waals surface area contributed by atoms with Crippen LogP contribution in [0.2, 0.25) is 0 Å². The Kier molecular flexibility index (Phi) is 8.31. The number of para-hydroxylation sites is 1. The number of nitrogens with one attached hydrogen (secondary N) is 1. The monoisotopic (exact) mass is 371 g/mol. The maximum absolute atomic E-state index is 11.7. The van der Waals surface area contributed by atoms with Gasteiger partial charge in [0.1, 0.15) is 11.4 Å². The minimum Gasteiger partial charge on any atom is -0.493 e. The first kappa shape index (κ1) is 18.8. The third-order valence-electron chi connectivity index (χ3n) is 2.83. The van der Waals surface area contributed by atoms with Crippen LogP contribution in [0.25, 0.3) is 0 Å². The van der Waals surface area contributed by atoms with Crippen LogP contribution < -0.4 is 10.1 Å². The Bertz CT molecular complexity index is 457. The minimum atomic E-state index is -0.491. The van der Waals surface area contributed by atoms with Gasteiger partial charge in [-0.2, -0.15) is 0 Å². The highest BCUT2D eigenvalue weighted by molar-refractivity contribution is 9.09. The fourth-order valence-corrected chi connectivity index (χ4v) is 2.22. The molecule has 0 saturated carbocycles. The predicted octanol–water partition coefficient (Wildman–Crippen LogP) is 4.66. The quantitative estimate of drug-likeness (QED) is 0.534. The number of alkyl halides is 1. The number of amides is 1. The third kappa shape index (κ3) is 8.27. The van der Waals surface area contributed by atoms with Crippen molar-refractivity contribution in [2.24, 2.45) is 0 Å². The van der Waals surface area contributed by atoms with Crippen molar-refractivity contribution >= 4 is 22.0 Å². The molecule has 0 aromatic heterocycles. The molecule has 0 spiro atoms. The number of benzene rings is 1. The van der Waals surface area contributed by atoms with Crippen molar-refractivity contribution in [2.45, 2.75) is 52.2 Å². The number of ether oxygens (including phenoxy) is 2. The van der Waals surface area contributed by atoms with Crippen molar-refractivity contribution in [3.05, 3.63) is 29.8 Å². The molecule has 0 aliphatic carbocycles. The summed E-state index contributed by atoms with van der Waals surface area (Å²) in [5, 5.41) is 3.79. The smallest absolute Gasteiger partial charge is 0.407 e. The Morgan fingerprint density at radius 3 is 2.59 bits per heavy atom. The standard InChI is InChI=1S/C17H26BrNO3/c1-17(2,3)22-16(20)19-13-14-9-5-6-10-15(14)21-12-8-4-7-11-18/h5-6,9-10H,4,7-8,11-13H2,1-3H3,(H,19,20). The molecule has 0 saturated heterocycles. The maximum Gasteiger partial charge on any atom is 0.407 e. The number of rotatable bonds is 8. The van der Waals surface area contributed by atoms with Crippen LogP contribution in [0.4, 0.5) is 4.79 Å². The first-order valence-corrected chi connectivity index (χ1v) is 8.78. The Labute approximate surface area is 141 Å². The molecule has 0 aliphatic heterocycles. The van der Waals surface area contributed by atoms with Gasteiger partial charge in [0.2, 0.25) is 0 Å². The highest BCUT2D eigenvalue weighted by Crippen LogP contribution is 2.18. The van der Waals surface area contributed by atoms with Crippen molar-refractivity contribution in [2.75, 3.05) is 11.9 Å². The lowest BCUT2D eigenvalue weighted by atomic mass is 10.2. The van der Waals surface area contributed by atoms with Crippen LogP contribution in [0.5, 0.6) is 5.75 Å². The van der Waals surface area contributed by atoms with E-state index in [4.69, 9.17) is 9.47 Å².